The van der Waals surface area contributed by atoms with Crippen LogP contribution >= 0.6 is 23.2 Å². The van der Waals surface area contributed by atoms with Crippen LogP contribution in [0.25, 0.3) is 5.78 Å². The second-order valence-corrected chi connectivity index (χ2v) is 7.74. The molecule has 0 unspecified atom stereocenters. The highest BCUT2D eigenvalue weighted by atomic mass is 35.5. The Bertz CT molecular complexity index is 1150. The van der Waals surface area contributed by atoms with Gasteiger partial charge in [-0.05, 0) is 31.5 Å². The predicted octanol–water partition coefficient (Wildman–Crippen LogP) is 2.72. The lowest BCUT2D eigenvalue weighted by atomic mass is 10.2. The molecule has 3 rings (SSSR count). The van der Waals surface area contributed by atoms with E-state index in [1.54, 1.807) is 20.0 Å². The van der Waals surface area contributed by atoms with Crippen molar-refractivity contribution in [1.82, 2.24) is 19.6 Å². The molecular weight excluding hydrogens is 417 g/mol. The molecule has 0 amide bonds. The molecule has 27 heavy (non-hydrogen) atoms. The summed E-state index contributed by atoms with van der Waals surface area (Å²) in [5.74, 6) is -0.594. The maximum atomic E-state index is 12.7. The molecular formula is C15H13Cl2N5O4S. The maximum Gasteiger partial charge on any atom is 0.339 e. The lowest BCUT2D eigenvalue weighted by molar-refractivity contribution is 0.0526. The van der Waals surface area contributed by atoms with Crippen molar-refractivity contribution in [3.8, 4) is 0 Å². The molecule has 2 heterocycles. The summed E-state index contributed by atoms with van der Waals surface area (Å²) in [6.45, 7) is 3.55. The summed E-state index contributed by atoms with van der Waals surface area (Å²) >= 11 is 12.2. The summed E-state index contributed by atoms with van der Waals surface area (Å²) in [5, 5.41) is 3.19. The lowest BCUT2D eigenvalue weighted by Gasteiger charge is -2.12. The van der Waals surface area contributed by atoms with Crippen molar-refractivity contribution < 1.29 is 17.9 Å². The third-order valence-electron chi connectivity index (χ3n) is 3.37. The van der Waals surface area contributed by atoms with Crippen molar-refractivity contribution in [3.05, 3.63) is 45.7 Å². The summed E-state index contributed by atoms with van der Waals surface area (Å²) in [5.41, 5.74) is 0.574. The summed E-state index contributed by atoms with van der Waals surface area (Å²) in [4.78, 5) is 19.8. The van der Waals surface area contributed by atoms with Gasteiger partial charge in [-0.3, -0.25) is 4.72 Å². The van der Waals surface area contributed by atoms with Gasteiger partial charge >= 0.3 is 5.97 Å². The van der Waals surface area contributed by atoms with Gasteiger partial charge in [-0.1, -0.05) is 23.2 Å². The normalized spacial score (nSPS) is 11.6. The number of fused-ring (bicyclic) bond motifs is 1. The summed E-state index contributed by atoms with van der Waals surface area (Å²) in [7, 11) is -4.24. The number of anilines is 1. The molecule has 0 radical (unpaired) electrons. The Morgan fingerprint density at radius 1 is 1.33 bits per heavy atom. The maximum absolute atomic E-state index is 12.7. The summed E-state index contributed by atoms with van der Waals surface area (Å²) in [6.07, 6.45) is 3.11. The zero-order chi connectivity index (χ0) is 19.8. The number of aromatic nitrogens is 4. The van der Waals surface area contributed by atoms with Crippen molar-refractivity contribution in [3.63, 3.8) is 0 Å². The van der Waals surface area contributed by atoms with Crippen molar-refractivity contribution in [1.29, 1.82) is 0 Å². The van der Waals surface area contributed by atoms with Gasteiger partial charge in [0.1, 0.15) is 0 Å². The molecule has 142 valence electrons. The number of sulfonamides is 1. The molecule has 0 aliphatic rings. The van der Waals surface area contributed by atoms with E-state index in [2.05, 4.69) is 19.8 Å². The lowest BCUT2D eigenvalue weighted by Crippen LogP contribution is -2.16. The van der Waals surface area contributed by atoms with Crippen LogP contribution < -0.4 is 4.72 Å². The quantitative estimate of drug-likeness (QED) is 0.619. The monoisotopic (exact) mass is 429 g/mol. The number of nitrogens with zero attached hydrogens (tertiary/aromatic N) is 4. The molecule has 0 bridgehead atoms. The number of halogens is 2. The number of benzene rings is 1. The van der Waals surface area contributed by atoms with Crippen molar-refractivity contribution in [2.45, 2.75) is 19.0 Å². The number of rotatable bonds is 5. The van der Waals surface area contributed by atoms with Crippen LogP contribution in [0.2, 0.25) is 10.0 Å². The average molecular weight is 430 g/mol. The van der Waals surface area contributed by atoms with E-state index >= 15 is 0 Å². The molecule has 3 aromatic rings. The predicted molar refractivity (Wildman–Crippen MR) is 98.7 cm³/mol. The number of esters is 1. The van der Waals surface area contributed by atoms with E-state index in [0.29, 0.717) is 0 Å². The molecule has 0 aliphatic heterocycles. The highest BCUT2D eigenvalue weighted by Crippen LogP contribution is 2.35. The molecule has 9 nitrogen and oxygen atoms in total. The first-order chi connectivity index (χ1) is 12.7. The average Bonchev–Trinajstić information content (AvgIpc) is 3.03. The first-order valence-electron chi connectivity index (χ1n) is 7.60. The second-order valence-electron chi connectivity index (χ2n) is 5.38. The van der Waals surface area contributed by atoms with Crippen molar-refractivity contribution >= 4 is 50.7 Å². The Labute approximate surface area is 164 Å². The van der Waals surface area contributed by atoms with Gasteiger partial charge in [0.05, 0.1) is 27.9 Å². The van der Waals surface area contributed by atoms with Crippen molar-refractivity contribution in [2.24, 2.45) is 0 Å². The third-order valence-corrected chi connectivity index (χ3v) is 5.20. The molecule has 0 spiro atoms. The second kappa shape index (κ2) is 7.29. The van der Waals surface area contributed by atoms with E-state index in [1.165, 1.54) is 22.8 Å². The fourth-order valence-electron chi connectivity index (χ4n) is 2.16. The van der Waals surface area contributed by atoms with Gasteiger partial charge in [-0.2, -0.15) is 13.4 Å². The molecule has 1 N–H and O–H groups in total. The minimum atomic E-state index is -4.24. The van der Waals surface area contributed by atoms with E-state index in [4.69, 9.17) is 27.9 Å². The van der Waals surface area contributed by atoms with Gasteiger partial charge in [0.15, 0.2) is 0 Å². The minimum Gasteiger partial charge on any atom is -0.462 e. The molecule has 0 fully saturated rings. The fraction of sp³-hybridized carbons (Fsp3) is 0.200. The van der Waals surface area contributed by atoms with Crippen LogP contribution in [-0.4, -0.2) is 40.6 Å². The highest BCUT2D eigenvalue weighted by Gasteiger charge is 2.25. The Kier molecular flexibility index (Phi) is 5.22. The Morgan fingerprint density at radius 3 is 2.78 bits per heavy atom. The van der Waals surface area contributed by atoms with E-state index in [-0.39, 0.29) is 33.7 Å². The SMILES string of the molecule is CCOC(=O)c1ccc(Cl)c(NS(=O)(=O)c2nc3ncc(C)cn3n2)c1Cl. The van der Waals surface area contributed by atoms with E-state index in [0.717, 1.165) is 5.56 Å². The van der Waals surface area contributed by atoms with E-state index < -0.39 is 21.1 Å². The van der Waals surface area contributed by atoms with Gasteiger partial charge in [0.2, 0.25) is 0 Å². The first kappa shape index (κ1) is 19.3. The number of hydrogen-bond acceptors (Lipinski definition) is 7. The molecule has 0 atom stereocenters. The summed E-state index contributed by atoms with van der Waals surface area (Å²) in [6, 6.07) is 2.68. The van der Waals surface area contributed by atoms with Crippen LogP contribution in [0.5, 0.6) is 0 Å². The Morgan fingerprint density at radius 2 is 2.07 bits per heavy atom. The Hall–Kier alpha value is -2.43. The molecule has 0 saturated carbocycles. The molecule has 0 saturated heterocycles. The first-order valence-corrected chi connectivity index (χ1v) is 9.84. The van der Waals surface area contributed by atoms with E-state index in [9.17, 15) is 13.2 Å². The van der Waals surface area contributed by atoms with Crippen LogP contribution in [0.4, 0.5) is 5.69 Å². The molecule has 12 heteroatoms. The minimum absolute atomic E-state index is 0.00522. The number of carbonyl (C=O) groups excluding carboxylic acids is 1. The smallest absolute Gasteiger partial charge is 0.339 e. The van der Waals surface area contributed by atoms with Gasteiger partial charge in [-0.15, -0.1) is 5.10 Å². The number of carbonyl (C=O) groups is 1. The van der Waals surface area contributed by atoms with Gasteiger partial charge < -0.3 is 4.74 Å². The number of aryl methyl sites for hydroxylation is 1. The zero-order valence-electron chi connectivity index (χ0n) is 14.1. The van der Waals surface area contributed by atoms with Crippen LogP contribution in [0, 0.1) is 6.92 Å². The van der Waals surface area contributed by atoms with Crippen LogP contribution in [-0.2, 0) is 14.8 Å². The topological polar surface area (TPSA) is 116 Å². The largest absolute Gasteiger partial charge is 0.462 e. The van der Waals surface area contributed by atoms with Crippen LogP contribution in [0.1, 0.15) is 22.8 Å². The van der Waals surface area contributed by atoms with Gasteiger partial charge in [0.25, 0.3) is 21.0 Å². The third kappa shape index (κ3) is 3.82. The van der Waals surface area contributed by atoms with E-state index in [1.807, 2.05) is 0 Å². The summed E-state index contributed by atoms with van der Waals surface area (Å²) < 4.78 is 33.7. The standard InChI is InChI=1S/C15H13Cl2N5O4S/c1-3-26-13(23)9-4-5-10(16)12(11(9)17)21-27(24,25)15-19-14-18-6-8(2)7-22(14)20-15/h4-7,21H,3H2,1-2H3. The van der Waals surface area contributed by atoms with Gasteiger partial charge in [0, 0.05) is 12.4 Å². The zero-order valence-corrected chi connectivity index (χ0v) is 16.4. The van der Waals surface area contributed by atoms with Gasteiger partial charge in [-0.25, -0.2) is 14.3 Å². The Balaban J connectivity index is 2.02. The molecule has 2 aromatic heterocycles. The molecule has 0 aliphatic carbocycles. The van der Waals surface area contributed by atoms with Crippen LogP contribution in [0.3, 0.4) is 0 Å². The number of ether oxygens (including phenoxy) is 1. The molecule has 1 aromatic carbocycles. The number of hydrogen-bond donors (Lipinski definition) is 1. The van der Waals surface area contributed by atoms with Crippen molar-refractivity contribution in [2.75, 3.05) is 11.3 Å². The fourth-order valence-corrected chi connectivity index (χ4v) is 3.79. The highest BCUT2D eigenvalue weighted by molar-refractivity contribution is 7.92. The van der Waals surface area contributed by atoms with Crippen LogP contribution in [0.15, 0.2) is 29.7 Å². The number of nitrogens with one attached hydrogen (secondary N) is 1.